The molecule has 0 aromatic carbocycles. The molecule has 0 saturated carbocycles. The van der Waals surface area contributed by atoms with Crippen molar-refractivity contribution in [1.29, 1.82) is 0 Å². The fourth-order valence-corrected chi connectivity index (χ4v) is 2.06. The summed E-state index contributed by atoms with van der Waals surface area (Å²) in [5.41, 5.74) is 0. The molecule has 1 aromatic rings. The van der Waals surface area contributed by atoms with Crippen LogP contribution in [-0.2, 0) is 4.79 Å². The number of hydrogen-bond donors (Lipinski definition) is 1. The predicted octanol–water partition coefficient (Wildman–Crippen LogP) is 1.55. The molecule has 17 heavy (non-hydrogen) atoms. The summed E-state index contributed by atoms with van der Waals surface area (Å²) >= 11 is 5.68. The molecule has 6 heteroatoms. The van der Waals surface area contributed by atoms with Gasteiger partial charge in [0.15, 0.2) is 0 Å². The summed E-state index contributed by atoms with van der Waals surface area (Å²) in [5, 5.41) is 3.21. The molecule has 2 rings (SSSR count). The summed E-state index contributed by atoms with van der Waals surface area (Å²) in [7, 11) is 0. The maximum absolute atomic E-state index is 12.0. The van der Waals surface area contributed by atoms with Gasteiger partial charge in [-0.2, -0.15) is 0 Å². The van der Waals surface area contributed by atoms with Gasteiger partial charge in [0.25, 0.3) is 0 Å². The molecule has 1 fully saturated rings. The summed E-state index contributed by atoms with van der Waals surface area (Å²) in [6, 6.07) is 1.40. The number of nitrogens with zero attached hydrogens (tertiary/aromatic N) is 3. The number of carbonyl (C=O) groups excluding carboxylic acids is 1. The van der Waals surface area contributed by atoms with Crippen LogP contribution in [0.4, 0.5) is 5.82 Å². The van der Waals surface area contributed by atoms with E-state index >= 15 is 0 Å². The van der Waals surface area contributed by atoms with E-state index in [4.69, 9.17) is 11.6 Å². The second-order valence-electron chi connectivity index (χ2n) is 4.11. The Kier molecular flexibility index (Phi) is 3.78. The van der Waals surface area contributed by atoms with Crippen LogP contribution < -0.4 is 5.32 Å². The Hall–Kier alpha value is -1.36. The molecule has 1 N–H and O–H groups in total. The average Bonchev–Trinajstić information content (AvgIpc) is 2.81. The molecule has 1 atom stereocenters. The number of aromatic nitrogens is 2. The molecule has 0 bridgehead atoms. The zero-order chi connectivity index (χ0) is 12.3. The highest BCUT2D eigenvalue weighted by Gasteiger charge is 2.23. The minimum absolute atomic E-state index is 0.109. The number of carbonyl (C=O) groups is 1. The van der Waals surface area contributed by atoms with E-state index in [1.807, 2.05) is 11.8 Å². The molecular weight excluding hydrogens is 240 g/mol. The lowest BCUT2D eigenvalue weighted by Crippen LogP contribution is -2.39. The highest BCUT2D eigenvalue weighted by atomic mass is 35.5. The van der Waals surface area contributed by atoms with E-state index in [-0.39, 0.29) is 17.2 Å². The molecule has 0 aliphatic carbocycles. The van der Waals surface area contributed by atoms with E-state index in [1.165, 1.54) is 0 Å². The van der Waals surface area contributed by atoms with Crippen LogP contribution in [0.15, 0.2) is 12.3 Å². The second kappa shape index (κ2) is 5.31. The van der Waals surface area contributed by atoms with E-state index in [2.05, 4.69) is 15.3 Å². The van der Waals surface area contributed by atoms with E-state index in [1.54, 1.807) is 12.3 Å². The van der Waals surface area contributed by atoms with Crippen molar-refractivity contribution in [3.63, 3.8) is 0 Å². The van der Waals surface area contributed by atoms with Crippen LogP contribution in [0.5, 0.6) is 0 Å². The van der Waals surface area contributed by atoms with Crippen LogP contribution in [0.3, 0.4) is 0 Å². The Morgan fingerprint density at radius 2 is 2.24 bits per heavy atom. The summed E-state index contributed by atoms with van der Waals surface area (Å²) in [6.45, 7) is 3.54. The smallest absolute Gasteiger partial charge is 0.244 e. The highest BCUT2D eigenvalue weighted by Crippen LogP contribution is 2.12. The lowest BCUT2D eigenvalue weighted by molar-refractivity contribution is -0.130. The van der Waals surface area contributed by atoms with Crippen molar-refractivity contribution < 1.29 is 4.79 Å². The van der Waals surface area contributed by atoms with Crippen molar-refractivity contribution in [2.45, 2.75) is 25.8 Å². The van der Waals surface area contributed by atoms with Crippen molar-refractivity contribution in [2.24, 2.45) is 0 Å². The first-order valence-corrected chi connectivity index (χ1v) is 6.08. The van der Waals surface area contributed by atoms with Crippen LogP contribution in [-0.4, -0.2) is 39.9 Å². The molecule has 0 radical (unpaired) electrons. The normalized spacial score (nSPS) is 16.9. The molecule has 1 unspecified atom stereocenters. The fourth-order valence-electron chi connectivity index (χ4n) is 1.91. The number of likely N-dealkylation sites (tertiary alicyclic amines) is 1. The first-order chi connectivity index (χ1) is 8.16. The van der Waals surface area contributed by atoms with E-state index in [0.717, 1.165) is 25.9 Å². The molecular formula is C11H15ClN4O. The Bertz CT molecular complexity index is 406. The van der Waals surface area contributed by atoms with Gasteiger partial charge in [0.2, 0.25) is 11.2 Å². The van der Waals surface area contributed by atoms with E-state index in [0.29, 0.717) is 5.82 Å². The zero-order valence-corrected chi connectivity index (χ0v) is 10.4. The zero-order valence-electron chi connectivity index (χ0n) is 9.69. The summed E-state index contributed by atoms with van der Waals surface area (Å²) in [5.74, 6) is 0.683. The third-order valence-electron chi connectivity index (χ3n) is 2.78. The van der Waals surface area contributed by atoms with Gasteiger partial charge in [0, 0.05) is 19.3 Å². The van der Waals surface area contributed by atoms with Crippen LogP contribution in [0.25, 0.3) is 0 Å². The first-order valence-electron chi connectivity index (χ1n) is 5.70. The van der Waals surface area contributed by atoms with Gasteiger partial charge in [0.05, 0.1) is 0 Å². The van der Waals surface area contributed by atoms with Gasteiger partial charge in [-0.15, -0.1) is 0 Å². The monoisotopic (exact) mass is 254 g/mol. The largest absolute Gasteiger partial charge is 0.358 e. The first kappa shape index (κ1) is 12.1. The summed E-state index contributed by atoms with van der Waals surface area (Å²) in [6.07, 6.45) is 3.75. The van der Waals surface area contributed by atoms with Crippen LogP contribution in [0.1, 0.15) is 19.8 Å². The van der Waals surface area contributed by atoms with Crippen molar-refractivity contribution >= 4 is 23.3 Å². The molecule has 0 spiro atoms. The SMILES string of the molecule is CC(Nc1ccnc(Cl)n1)C(=O)N1CCCC1. The Balaban J connectivity index is 1.96. The Morgan fingerprint density at radius 3 is 2.88 bits per heavy atom. The number of hydrogen-bond acceptors (Lipinski definition) is 4. The number of rotatable bonds is 3. The Labute approximate surface area is 105 Å². The third kappa shape index (κ3) is 3.06. The van der Waals surface area contributed by atoms with Crippen molar-refractivity contribution in [2.75, 3.05) is 18.4 Å². The number of nitrogens with one attached hydrogen (secondary N) is 1. The summed E-state index contributed by atoms with van der Waals surface area (Å²) < 4.78 is 0. The van der Waals surface area contributed by atoms with Crippen molar-refractivity contribution in [3.05, 3.63) is 17.5 Å². The van der Waals surface area contributed by atoms with Crippen LogP contribution in [0, 0.1) is 0 Å². The van der Waals surface area contributed by atoms with Gasteiger partial charge in [-0.25, -0.2) is 9.97 Å². The van der Waals surface area contributed by atoms with Gasteiger partial charge in [-0.05, 0) is 37.4 Å². The predicted molar refractivity (Wildman–Crippen MR) is 65.9 cm³/mol. The molecule has 5 nitrogen and oxygen atoms in total. The molecule has 92 valence electrons. The average molecular weight is 255 g/mol. The standard InChI is InChI=1S/C11H15ClN4O/c1-8(10(17)16-6-2-3-7-16)14-9-4-5-13-11(12)15-9/h4-5,8H,2-3,6-7H2,1H3,(H,13,14,15). The lowest BCUT2D eigenvalue weighted by atomic mass is 10.3. The molecule has 1 aromatic heterocycles. The maximum Gasteiger partial charge on any atom is 0.244 e. The quantitative estimate of drug-likeness (QED) is 0.832. The second-order valence-corrected chi connectivity index (χ2v) is 4.45. The molecule has 1 amide bonds. The number of anilines is 1. The topological polar surface area (TPSA) is 58.1 Å². The van der Waals surface area contributed by atoms with Gasteiger partial charge in [-0.1, -0.05) is 0 Å². The lowest BCUT2D eigenvalue weighted by Gasteiger charge is -2.21. The van der Waals surface area contributed by atoms with Crippen molar-refractivity contribution in [3.8, 4) is 0 Å². The van der Waals surface area contributed by atoms with Crippen LogP contribution >= 0.6 is 11.6 Å². The summed E-state index contributed by atoms with van der Waals surface area (Å²) in [4.78, 5) is 21.7. The van der Waals surface area contributed by atoms with E-state index < -0.39 is 0 Å². The number of halogens is 1. The molecule has 1 aliphatic rings. The minimum atomic E-state index is -0.293. The molecule has 2 heterocycles. The Morgan fingerprint density at radius 1 is 1.53 bits per heavy atom. The van der Waals surface area contributed by atoms with Crippen LogP contribution in [0.2, 0.25) is 5.28 Å². The van der Waals surface area contributed by atoms with Gasteiger partial charge >= 0.3 is 0 Å². The van der Waals surface area contributed by atoms with Gasteiger partial charge in [-0.3, -0.25) is 4.79 Å². The van der Waals surface area contributed by atoms with E-state index in [9.17, 15) is 4.79 Å². The van der Waals surface area contributed by atoms with Crippen molar-refractivity contribution in [1.82, 2.24) is 14.9 Å². The molecule has 1 saturated heterocycles. The highest BCUT2D eigenvalue weighted by molar-refractivity contribution is 6.28. The maximum atomic E-state index is 12.0. The molecule has 1 aliphatic heterocycles. The van der Waals surface area contributed by atoms with Gasteiger partial charge < -0.3 is 10.2 Å². The fraction of sp³-hybridized carbons (Fsp3) is 0.545. The minimum Gasteiger partial charge on any atom is -0.358 e. The number of amides is 1. The van der Waals surface area contributed by atoms with Gasteiger partial charge in [0.1, 0.15) is 11.9 Å². The third-order valence-corrected chi connectivity index (χ3v) is 2.96.